The van der Waals surface area contributed by atoms with Gasteiger partial charge in [-0.3, -0.25) is 0 Å². The lowest BCUT2D eigenvalue weighted by Gasteiger charge is -2.11. The zero-order valence-electron chi connectivity index (χ0n) is 17.5. The fraction of sp³-hybridized carbons (Fsp3) is 1.00. The van der Waals surface area contributed by atoms with Gasteiger partial charge in [0.05, 0.1) is 0 Å². The van der Waals surface area contributed by atoms with E-state index in [0.717, 1.165) is 11.8 Å². The summed E-state index contributed by atoms with van der Waals surface area (Å²) in [6, 6.07) is 0. The quantitative estimate of drug-likeness (QED) is 0.761. The molecular weight excluding hydrogens is 300 g/mol. The lowest BCUT2D eigenvalue weighted by atomic mass is 10.1. The molecule has 150 valence electrons. The van der Waals surface area contributed by atoms with E-state index in [1.54, 1.807) is 0 Å². The van der Waals surface area contributed by atoms with E-state index in [0.29, 0.717) is 0 Å². The number of rotatable bonds is 5. The SMILES string of the molecule is CCC1CCN(CC)C1.CCC1CCN(CC)C1.CCCC.O.O. The van der Waals surface area contributed by atoms with Gasteiger partial charge in [-0.2, -0.15) is 0 Å². The van der Waals surface area contributed by atoms with Crippen LogP contribution >= 0.6 is 0 Å². The Kier molecular flexibility index (Phi) is 22.9. The maximum absolute atomic E-state index is 2.54. The van der Waals surface area contributed by atoms with Gasteiger partial charge in [-0.1, -0.05) is 67.2 Å². The molecule has 0 aliphatic carbocycles. The highest BCUT2D eigenvalue weighted by Gasteiger charge is 2.19. The molecule has 24 heavy (non-hydrogen) atoms. The van der Waals surface area contributed by atoms with E-state index in [9.17, 15) is 0 Å². The summed E-state index contributed by atoms with van der Waals surface area (Å²) in [5.41, 5.74) is 0. The van der Waals surface area contributed by atoms with E-state index in [2.05, 4.69) is 51.3 Å². The van der Waals surface area contributed by atoms with E-state index < -0.39 is 0 Å². The fourth-order valence-corrected chi connectivity index (χ4v) is 3.07. The van der Waals surface area contributed by atoms with Crippen LogP contribution in [-0.2, 0) is 0 Å². The van der Waals surface area contributed by atoms with Crippen LogP contribution in [0.25, 0.3) is 0 Å². The zero-order valence-corrected chi connectivity index (χ0v) is 17.5. The summed E-state index contributed by atoms with van der Waals surface area (Å²) in [7, 11) is 0. The molecule has 0 aromatic carbocycles. The van der Waals surface area contributed by atoms with E-state index in [4.69, 9.17) is 0 Å². The highest BCUT2D eigenvalue weighted by Crippen LogP contribution is 2.18. The van der Waals surface area contributed by atoms with E-state index in [1.807, 2.05) is 0 Å². The minimum absolute atomic E-state index is 0. The Bertz CT molecular complexity index is 196. The molecule has 2 rings (SSSR count). The molecule has 0 spiro atoms. The molecule has 4 heteroatoms. The molecule has 0 radical (unpaired) electrons. The predicted molar refractivity (Wildman–Crippen MR) is 109 cm³/mol. The van der Waals surface area contributed by atoms with Crippen molar-refractivity contribution in [1.82, 2.24) is 9.80 Å². The average molecular weight is 349 g/mol. The summed E-state index contributed by atoms with van der Waals surface area (Å²) in [6.45, 7) is 21.3. The lowest BCUT2D eigenvalue weighted by Crippen LogP contribution is -2.19. The molecule has 0 aromatic rings. The Morgan fingerprint density at radius 1 is 0.625 bits per heavy atom. The molecule has 4 nitrogen and oxygen atoms in total. The second-order valence-corrected chi connectivity index (χ2v) is 6.91. The summed E-state index contributed by atoms with van der Waals surface area (Å²) >= 11 is 0. The Hall–Kier alpha value is -0.160. The van der Waals surface area contributed by atoms with Crippen LogP contribution in [-0.4, -0.2) is 60.0 Å². The van der Waals surface area contributed by atoms with Crippen molar-refractivity contribution in [2.45, 2.75) is 80.1 Å². The summed E-state index contributed by atoms with van der Waals surface area (Å²) in [5, 5.41) is 0. The van der Waals surface area contributed by atoms with Gasteiger partial charge in [-0.05, 0) is 50.9 Å². The first kappa shape index (κ1) is 28.6. The molecule has 0 saturated carbocycles. The van der Waals surface area contributed by atoms with Crippen molar-refractivity contribution in [3.8, 4) is 0 Å². The lowest BCUT2D eigenvalue weighted by molar-refractivity contribution is 0.340. The minimum atomic E-state index is 0. The highest BCUT2D eigenvalue weighted by atomic mass is 16.0. The normalized spacial score (nSPS) is 23.2. The first-order valence-electron chi connectivity index (χ1n) is 10.1. The van der Waals surface area contributed by atoms with Crippen molar-refractivity contribution in [2.75, 3.05) is 39.3 Å². The fourth-order valence-electron chi connectivity index (χ4n) is 3.07. The molecule has 2 saturated heterocycles. The van der Waals surface area contributed by atoms with Gasteiger partial charge in [0.1, 0.15) is 0 Å². The van der Waals surface area contributed by atoms with Crippen molar-refractivity contribution in [1.29, 1.82) is 0 Å². The van der Waals surface area contributed by atoms with Crippen LogP contribution in [0.3, 0.4) is 0 Å². The van der Waals surface area contributed by atoms with Crippen LogP contribution in [0.4, 0.5) is 0 Å². The zero-order chi connectivity index (χ0) is 16.8. The molecule has 2 aliphatic rings. The third-order valence-corrected chi connectivity index (χ3v) is 5.29. The van der Waals surface area contributed by atoms with Crippen LogP contribution in [0.15, 0.2) is 0 Å². The standard InChI is InChI=1S/2C8H17N.C4H10.2H2O/c2*1-3-8-5-6-9(4-2)7-8;1-3-4-2;;/h2*8H,3-7H2,1-2H3;3-4H2,1-2H3;2*1H2. The molecule has 0 aromatic heterocycles. The maximum atomic E-state index is 2.54. The number of unbranched alkanes of at least 4 members (excludes halogenated alkanes) is 1. The van der Waals surface area contributed by atoms with Crippen molar-refractivity contribution in [3.05, 3.63) is 0 Å². The van der Waals surface area contributed by atoms with Gasteiger partial charge in [0.15, 0.2) is 0 Å². The summed E-state index contributed by atoms with van der Waals surface area (Å²) in [5.74, 6) is 2.01. The van der Waals surface area contributed by atoms with Gasteiger partial charge < -0.3 is 20.8 Å². The first-order chi connectivity index (χ1) is 10.6. The van der Waals surface area contributed by atoms with E-state index in [-0.39, 0.29) is 11.0 Å². The third kappa shape index (κ3) is 13.2. The predicted octanol–water partition coefficient (Wildman–Crippen LogP) is 3.63. The van der Waals surface area contributed by atoms with E-state index in [1.165, 1.54) is 77.8 Å². The maximum Gasteiger partial charge on any atom is 0.000992 e. The van der Waals surface area contributed by atoms with Crippen molar-refractivity contribution in [2.24, 2.45) is 11.8 Å². The summed E-state index contributed by atoms with van der Waals surface area (Å²) in [6.07, 6.45) is 8.25. The molecule has 2 aliphatic heterocycles. The van der Waals surface area contributed by atoms with Gasteiger partial charge >= 0.3 is 0 Å². The Morgan fingerprint density at radius 3 is 1.08 bits per heavy atom. The van der Waals surface area contributed by atoms with Crippen LogP contribution in [0.2, 0.25) is 0 Å². The molecule has 2 unspecified atom stereocenters. The van der Waals surface area contributed by atoms with Crippen LogP contribution < -0.4 is 0 Å². The minimum Gasteiger partial charge on any atom is -0.412 e. The number of hydrogen-bond donors (Lipinski definition) is 0. The monoisotopic (exact) mass is 348 g/mol. The molecular formula is C20H48N2O2. The molecule has 2 heterocycles. The highest BCUT2D eigenvalue weighted by molar-refractivity contribution is 4.73. The largest absolute Gasteiger partial charge is 0.412 e. The Balaban J connectivity index is -0.000000283. The van der Waals surface area contributed by atoms with E-state index >= 15 is 0 Å². The molecule has 0 bridgehead atoms. The molecule has 2 atom stereocenters. The summed E-state index contributed by atoms with van der Waals surface area (Å²) < 4.78 is 0. The van der Waals surface area contributed by atoms with Crippen molar-refractivity contribution < 1.29 is 11.0 Å². The number of nitrogens with zero attached hydrogens (tertiary/aromatic N) is 2. The smallest absolute Gasteiger partial charge is 0.000992 e. The first-order valence-corrected chi connectivity index (χ1v) is 10.1. The molecule has 4 N–H and O–H groups in total. The van der Waals surface area contributed by atoms with Crippen LogP contribution in [0.1, 0.15) is 80.1 Å². The third-order valence-electron chi connectivity index (χ3n) is 5.29. The van der Waals surface area contributed by atoms with Gasteiger partial charge in [0, 0.05) is 13.1 Å². The Morgan fingerprint density at radius 2 is 0.958 bits per heavy atom. The second-order valence-electron chi connectivity index (χ2n) is 6.91. The van der Waals surface area contributed by atoms with Crippen LogP contribution in [0, 0.1) is 11.8 Å². The topological polar surface area (TPSA) is 69.5 Å². The average Bonchev–Trinajstić information content (AvgIpc) is 3.23. The van der Waals surface area contributed by atoms with Gasteiger partial charge in [-0.15, -0.1) is 0 Å². The number of hydrogen-bond acceptors (Lipinski definition) is 2. The van der Waals surface area contributed by atoms with Crippen molar-refractivity contribution >= 4 is 0 Å². The molecule has 2 fully saturated rings. The van der Waals surface area contributed by atoms with Crippen molar-refractivity contribution in [3.63, 3.8) is 0 Å². The second kappa shape index (κ2) is 19.2. The van der Waals surface area contributed by atoms with Gasteiger partial charge in [0.25, 0.3) is 0 Å². The number of likely N-dealkylation sites (tertiary alicyclic amines) is 2. The molecule has 0 amide bonds. The summed E-state index contributed by atoms with van der Waals surface area (Å²) in [4.78, 5) is 5.07. The van der Waals surface area contributed by atoms with Crippen LogP contribution in [0.5, 0.6) is 0 Å². The van der Waals surface area contributed by atoms with Gasteiger partial charge in [0.2, 0.25) is 0 Å². The Labute approximate surface area is 152 Å². The van der Waals surface area contributed by atoms with Gasteiger partial charge in [-0.25, -0.2) is 0 Å².